The van der Waals surface area contributed by atoms with Gasteiger partial charge in [0.25, 0.3) is 0 Å². The molecule has 6 nitrogen and oxygen atoms in total. The molecule has 0 spiro atoms. The summed E-state index contributed by atoms with van der Waals surface area (Å²) in [6, 6.07) is 0. The first-order valence-corrected chi connectivity index (χ1v) is 22.8. The molecule has 0 aromatic carbocycles. The Hall–Kier alpha value is -4.45. The average molecular weight is 813 g/mol. The molecule has 0 amide bonds. The highest BCUT2D eigenvalue weighted by atomic mass is 16.6. The van der Waals surface area contributed by atoms with Crippen LogP contribution in [-0.4, -0.2) is 37.2 Å². The van der Waals surface area contributed by atoms with E-state index in [1.54, 1.807) is 0 Å². The van der Waals surface area contributed by atoms with Crippen LogP contribution in [0, 0.1) is 0 Å². The summed E-state index contributed by atoms with van der Waals surface area (Å²) in [6.45, 7) is 6.14. The molecule has 0 rings (SSSR count). The second-order valence-corrected chi connectivity index (χ2v) is 14.3. The Balaban J connectivity index is 4.58. The SMILES string of the molecule is CC\C=C/C=C\C=C/C=C\C=C\C=C/CCCCCC(=O)OCC(COC(=O)CCCCCCC/C=C\C/C=C\CC)OC(=O)CCCC/C=C\C/C=C\C/C=C\CC. The van der Waals surface area contributed by atoms with E-state index >= 15 is 0 Å². The van der Waals surface area contributed by atoms with Crippen LogP contribution in [0.4, 0.5) is 0 Å². The molecule has 6 heteroatoms. The molecule has 0 fully saturated rings. The number of carbonyl (C=O) groups excluding carboxylic acids is 3. The number of unbranched alkanes of at least 4 members (excludes halogenated alkanes) is 10. The van der Waals surface area contributed by atoms with Crippen LogP contribution in [-0.2, 0) is 28.6 Å². The van der Waals surface area contributed by atoms with E-state index in [2.05, 4.69) is 93.7 Å². The van der Waals surface area contributed by atoms with Crippen LogP contribution < -0.4 is 0 Å². The lowest BCUT2D eigenvalue weighted by molar-refractivity contribution is -0.167. The van der Waals surface area contributed by atoms with Crippen molar-refractivity contribution in [2.75, 3.05) is 13.2 Å². The fourth-order valence-electron chi connectivity index (χ4n) is 5.46. The number of carbonyl (C=O) groups is 3. The maximum atomic E-state index is 12.7. The minimum atomic E-state index is -0.825. The molecule has 0 N–H and O–H groups in total. The summed E-state index contributed by atoms with van der Waals surface area (Å²) >= 11 is 0. The summed E-state index contributed by atoms with van der Waals surface area (Å²) in [7, 11) is 0. The largest absolute Gasteiger partial charge is 0.462 e. The molecule has 0 bridgehead atoms. The zero-order valence-electron chi connectivity index (χ0n) is 37.2. The molecule has 0 aliphatic rings. The zero-order chi connectivity index (χ0) is 43.0. The first-order valence-electron chi connectivity index (χ1n) is 22.8. The summed E-state index contributed by atoms with van der Waals surface area (Å²) in [5.74, 6) is -1.04. The summed E-state index contributed by atoms with van der Waals surface area (Å²) in [5.41, 5.74) is 0. The van der Waals surface area contributed by atoms with Crippen LogP contribution in [0.2, 0.25) is 0 Å². The molecule has 0 aromatic heterocycles. The minimum absolute atomic E-state index is 0.121. The Morgan fingerprint density at radius 3 is 1.20 bits per heavy atom. The molecule has 0 aliphatic heterocycles. The third kappa shape index (κ3) is 44.5. The number of ether oxygens (including phenoxy) is 3. The predicted octanol–water partition coefficient (Wildman–Crippen LogP) is 14.7. The van der Waals surface area contributed by atoms with Crippen molar-refractivity contribution in [2.45, 2.75) is 168 Å². The van der Waals surface area contributed by atoms with Gasteiger partial charge in [-0.3, -0.25) is 14.4 Å². The lowest BCUT2D eigenvalue weighted by atomic mass is 10.1. The summed E-state index contributed by atoms with van der Waals surface area (Å²) in [4.78, 5) is 37.8. The van der Waals surface area contributed by atoms with Gasteiger partial charge < -0.3 is 14.2 Å². The van der Waals surface area contributed by atoms with E-state index < -0.39 is 6.10 Å². The van der Waals surface area contributed by atoms with Crippen molar-refractivity contribution >= 4 is 17.9 Å². The first-order chi connectivity index (χ1) is 29.0. The normalized spacial score (nSPS) is 13.3. The van der Waals surface area contributed by atoms with E-state index in [1.807, 2.05) is 60.8 Å². The van der Waals surface area contributed by atoms with Gasteiger partial charge in [-0.25, -0.2) is 0 Å². The topological polar surface area (TPSA) is 78.9 Å². The molecule has 328 valence electrons. The van der Waals surface area contributed by atoms with Gasteiger partial charge in [0.15, 0.2) is 6.10 Å². The maximum absolute atomic E-state index is 12.7. The highest BCUT2D eigenvalue weighted by Gasteiger charge is 2.19. The van der Waals surface area contributed by atoms with Crippen molar-refractivity contribution in [2.24, 2.45) is 0 Å². The molecule has 0 heterocycles. The van der Waals surface area contributed by atoms with Gasteiger partial charge in [0.1, 0.15) is 13.2 Å². The Bertz CT molecular complexity index is 1350. The van der Waals surface area contributed by atoms with Crippen LogP contribution in [0.1, 0.15) is 162 Å². The van der Waals surface area contributed by atoms with E-state index in [0.717, 1.165) is 109 Å². The standard InChI is InChI=1S/C53H80O6/c1-4-7-10-13-16-19-22-25-26-27-28-29-32-34-37-40-43-46-52(55)58-49-50(59-53(56)47-44-41-38-35-31-24-21-18-15-12-9-6-3)48-57-51(54)45-42-39-36-33-30-23-20-17-14-11-8-5-2/h7-13,16-22,25-29,31-32,35,50H,4-6,14-15,23-24,30,33-34,36-49H2,1-3H3/b10-7-,11-8-,12-9-,16-13-,20-17-,21-18-,22-19-,26-25-,28-27+,32-29-,35-31-. The zero-order valence-corrected chi connectivity index (χ0v) is 37.2. The third-order valence-corrected chi connectivity index (χ3v) is 8.79. The van der Waals surface area contributed by atoms with Crippen LogP contribution in [0.5, 0.6) is 0 Å². The van der Waals surface area contributed by atoms with Gasteiger partial charge in [-0.2, -0.15) is 0 Å². The number of hydrogen-bond acceptors (Lipinski definition) is 6. The van der Waals surface area contributed by atoms with Gasteiger partial charge >= 0.3 is 17.9 Å². The lowest BCUT2D eigenvalue weighted by Crippen LogP contribution is -2.30. The second-order valence-electron chi connectivity index (χ2n) is 14.3. The molecule has 0 saturated heterocycles. The van der Waals surface area contributed by atoms with Crippen LogP contribution in [0.3, 0.4) is 0 Å². The summed E-state index contributed by atoms with van der Waals surface area (Å²) < 4.78 is 16.6. The Labute approximate surface area is 360 Å². The molecule has 0 radical (unpaired) electrons. The first kappa shape index (κ1) is 54.6. The van der Waals surface area contributed by atoms with Crippen molar-refractivity contribution in [1.82, 2.24) is 0 Å². The van der Waals surface area contributed by atoms with E-state index in [9.17, 15) is 14.4 Å². The highest BCUT2D eigenvalue weighted by Crippen LogP contribution is 2.11. The Morgan fingerprint density at radius 1 is 0.356 bits per heavy atom. The number of rotatable bonds is 38. The molecule has 1 atom stereocenters. The Morgan fingerprint density at radius 2 is 0.695 bits per heavy atom. The van der Waals surface area contributed by atoms with Crippen molar-refractivity contribution in [3.63, 3.8) is 0 Å². The fourth-order valence-corrected chi connectivity index (χ4v) is 5.46. The second kappa shape index (κ2) is 46.2. The average Bonchev–Trinajstić information content (AvgIpc) is 3.23. The maximum Gasteiger partial charge on any atom is 0.306 e. The number of hydrogen-bond donors (Lipinski definition) is 0. The molecule has 59 heavy (non-hydrogen) atoms. The summed E-state index contributed by atoms with van der Waals surface area (Å²) in [5, 5.41) is 0. The van der Waals surface area contributed by atoms with Crippen LogP contribution in [0.15, 0.2) is 134 Å². The fraction of sp³-hybridized carbons (Fsp3) is 0.528. The van der Waals surface area contributed by atoms with Gasteiger partial charge in [-0.05, 0) is 96.3 Å². The van der Waals surface area contributed by atoms with Crippen molar-refractivity contribution < 1.29 is 28.6 Å². The van der Waals surface area contributed by atoms with Gasteiger partial charge in [-0.15, -0.1) is 0 Å². The third-order valence-electron chi connectivity index (χ3n) is 8.79. The Kier molecular flexibility index (Phi) is 42.8. The quantitative estimate of drug-likeness (QED) is 0.0203. The van der Waals surface area contributed by atoms with Gasteiger partial charge in [0, 0.05) is 19.3 Å². The molecule has 0 aliphatic carbocycles. The molecule has 1 unspecified atom stereocenters. The van der Waals surface area contributed by atoms with Crippen molar-refractivity contribution in [3.05, 3.63) is 134 Å². The van der Waals surface area contributed by atoms with Crippen LogP contribution >= 0.6 is 0 Å². The highest BCUT2D eigenvalue weighted by molar-refractivity contribution is 5.71. The van der Waals surface area contributed by atoms with Crippen molar-refractivity contribution in [1.29, 1.82) is 0 Å². The van der Waals surface area contributed by atoms with Gasteiger partial charge in [0.05, 0.1) is 0 Å². The number of esters is 3. The van der Waals surface area contributed by atoms with Crippen molar-refractivity contribution in [3.8, 4) is 0 Å². The van der Waals surface area contributed by atoms with Gasteiger partial charge in [0.2, 0.25) is 0 Å². The molecular formula is C53H80O6. The summed E-state index contributed by atoms with van der Waals surface area (Å²) in [6.07, 6.45) is 64.4. The molecule has 0 saturated carbocycles. The van der Waals surface area contributed by atoms with E-state index in [4.69, 9.17) is 14.2 Å². The van der Waals surface area contributed by atoms with Crippen LogP contribution in [0.25, 0.3) is 0 Å². The van der Waals surface area contributed by atoms with E-state index in [0.29, 0.717) is 19.3 Å². The van der Waals surface area contributed by atoms with E-state index in [-0.39, 0.29) is 44.0 Å². The molecule has 0 aromatic rings. The van der Waals surface area contributed by atoms with Gasteiger partial charge in [-0.1, -0.05) is 180 Å². The lowest BCUT2D eigenvalue weighted by Gasteiger charge is -2.18. The monoisotopic (exact) mass is 813 g/mol. The van der Waals surface area contributed by atoms with E-state index in [1.165, 1.54) is 0 Å². The minimum Gasteiger partial charge on any atom is -0.462 e. The smallest absolute Gasteiger partial charge is 0.306 e. The molecular weight excluding hydrogens is 733 g/mol. The number of allylic oxidation sites excluding steroid dienone is 22. The predicted molar refractivity (Wildman–Crippen MR) is 251 cm³/mol.